The number of rotatable bonds is 6. The summed E-state index contributed by atoms with van der Waals surface area (Å²) in [5.74, 6) is 1.44. The molecule has 1 aromatic rings. The molecule has 2 rings (SSSR count). The minimum atomic E-state index is 0.301. The van der Waals surface area contributed by atoms with Crippen LogP contribution in [0.25, 0.3) is 0 Å². The van der Waals surface area contributed by atoms with Gasteiger partial charge in [0.25, 0.3) is 0 Å². The smallest absolute Gasteiger partial charge is 0.152 e. The number of nitrogens with zero attached hydrogens (tertiary/aromatic N) is 3. The highest BCUT2D eigenvalue weighted by Gasteiger charge is 2.24. The first-order valence-corrected chi connectivity index (χ1v) is 7.03. The fraction of sp³-hybridized carbons (Fsp3) is 0.846. The zero-order valence-electron chi connectivity index (χ0n) is 11.2. The van der Waals surface area contributed by atoms with Gasteiger partial charge in [0.05, 0.1) is 6.10 Å². The third kappa shape index (κ3) is 3.29. The fourth-order valence-electron chi connectivity index (χ4n) is 2.64. The van der Waals surface area contributed by atoms with Crippen molar-refractivity contribution in [1.29, 1.82) is 0 Å². The van der Waals surface area contributed by atoms with Gasteiger partial charge in [-0.15, -0.1) is 0 Å². The van der Waals surface area contributed by atoms with Crippen LogP contribution in [0.5, 0.6) is 0 Å². The van der Waals surface area contributed by atoms with E-state index in [1.165, 1.54) is 19.3 Å². The SMILES string of the molecule is CCCn1ncnc1COC1CCCCC1CN. The van der Waals surface area contributed by atoms with Crippen LogP contribution in [0.4, 0.5) is 0 Å². The van der Waals surface area contributed by atoms with Gasteiger partial charge in [-0.1, -0.05) is 19.8 Å². The van der Waals surface area contributed by atoms with Crippen LogP contribution in [-0.4, -0.2) is 27.4 Å². The Morgan fingerprint density at radius 3 is 3.06 bits per heavy atom. The van der Waals surface area contributed by atoms with Crippen LogP contribution in [0.1, 0.15) is 44.9 Å². The van der Waals surface area contributed by atoms with Crippen LogP contribution in [-0.2, 0) is 17.9 Å². The summed E-state index contributed by atoms with van der Waals surface area (Å²) in [6.07, 6.45) is 7.83. The van der Waals surface area contributed by atoms with E-state index >= 15 is 0 Å². The number of aryl methyl sites for hydroxylation is 1. The maximum absolute atomic E-state index is 6.01. The standard InChI is InChI=1S/C13H24N4O/c1-2-7-17-13(15-10-16-17)9-18-12-6-4-3-5-11(12)8-14/h10-12H,2-9,14H2,1H3. The van der Waals surface area contributed by atoms with Gasteiger partial charge in [-0.2, -0.15) is 5.10 Å². The van der Waals surface area contributed by atoms with Crippen molar-refractivity contribution in [3.8, 4) is 0 Å². The summed E-state index contributed by atoms with van der Waals surface area (Å²) in [6, 6.07) is 0. The maximum Gasteiger partial charge on any atom is 0.152 e. The molecule has 0 amide bonds. The lowest BCUT2D eigenvalue weighted by molar-refractivity contribution is -0.0223. The van der Waals surface area contributed by atoms with Crippen molar-refractivity contribution < 1.29 is 4.74 Å². The first kappa shape index (κ1) is 13.5. The van der Waals surface area contributed by atoms with Gasteiger partial charge in [-0.3, -0.25) is 0 Å². The van der Waals surface area contributed by atoms with E-state index in [2.05, 4.69) is 17.0 Å². The molecule has 1 heterocycles. The monoisotopic (exact) mass is 252 g/mol. The molecular formula is C13H24N4O. The molecule has 2 unspecified atom stereocenters. The molecule has 0 bridgehead atoms. The van der Waals surface area contributed by atoms with Gasteiger partial charge >= 0.3 is 0 Å². The molecule has 5 heteroatoms. The molecule has 5 nitrogen and oxygen atoms in total. The Labute approximate surface area is 109 Å². The number of nitrogens with two attached hydrogens (primary N) is 1. The summed E-state index contributed by atoms with van der Waals surface area (Å²) in [6.45, 7) is 4.33. The normalized spacial score (nSPS) is 24.3. The average Bonchev–Trinajstić information content (AvgIpc) is 2.84. The molecular weight excluding hydrogens is 228 g/mol. The Balaban J connectivity index is 1.87. The molecule has 0 saturated heterocycles. The molecule has 2 N–H and O–H groups in total. The summed E-state index contributed by atoms with van der Waals surface area (Å²) >= 11 is 0. The number of aromatic nitrogens is 3. The summed E-state index contributed by atoms with van der Waals surface area (Å²) in [5, 5.41) is 4.21. The van der Waals surface area contributed by atoms with Gasteiger partial charge in [0.15, 0.2) is 5.82 Å². The molecule has 1 aliphatic carbocycles. The van der Waals surface area contributed by atoms with Crippen molar-refractivity contribution in [3.05, 3.63) is 12.2 Å². The van der Waals surface area contributed by atoms with Gasteiger partial charge in [-0.25, -0.2) is 9.67 Å². The van der Waals surface area contributed by atoms with E-state index in [0.29, 0.717) is 18.6 Å². The third-order valence-corrected chi connectivity index (χ3v) is 3.70. The molecule has 1 fully saturated rings. The van der Waals surface area contributed by atoms with E-state index in [-0.39, 0.29) is 0 Å². The molecule has 2 atom stereocenters. The second-order valence-corrected chi connectivity index (χ2v) is 5.03. The second-order valence-electron chi connectivity index (χ2n) is 5.03. The molecule has 0 aromatic carbocycles. The van der Waals surface area contributed by atoms with Gasteiger partial charge in [0.2, 0.25) is 0 Å². The van der Waals surface area contributed by atoms with E-state index in [9.17, 15) is 0 Å². The Kier molecular flexibility index (Phi) is 5.13. The molecule has 102 valence electrons. The zero-order valence-corrected chi connectivity index (χ0v) is 11.2. The lowest BCUT2D eigenvalue weighted by atomic mass is 9.86. The fourth-order valence-corrected chi connectivity index (χ4v) is 2.64. The Morgan fingerprint density at radius 2 is 2.28 bits per heavy atom. The highest BCUT2D eigenvalue weighted by molar-refractivity contribution is 4.83. The minimum absolute atomic E-state index is 0.301. The Hall–Kier alpha value is -0.940. The van der Waals surface area contributed by atoms with E-state index in [4.69, 9.17) is 10.5 Å². The largest absolute Gasteiger partial charge is 0.370 e. The molecule has 1 aromatic heterocycles. The van der Waals surface area contributed by atoms with Crippen molar-refractivity contribution in [2.24, 2.45) is 11.7 Å². The quantitative estimate of drug-likeness (QED) is 0.837. The van der Waals surface area contributed by atoms with Gasteiger partial charge in [0.1, 0.15) is 12.9 Å². The van der Waals surface area contributed by atoms with E-state index in [1.807, 2.05) is 4.68 Å². The van der Waals surface area contributed by atoms with E-state index in [1.54, 1.807) is 6.33 Å². The summed E-state index contributed by atoms with van der Waals surface area (Å²) < 4.78 is 7.95. The van der Waals surface area contributed by atoms with Crippen LogP contribution < -0.4 is 5.73 Å². The molecule has 18 heavy (non-hydrogen) atoms. The highest BCUT2D eigenvalue weighted by atomic mass is 16.5. The van der Waals surface area contributed by atoms with Crippen molar-refractivity contribution in [3.63, 3.8) is 0 Å². The molecule has 1 saturated carbocycles. The maximum atomic E-state index is 6.01. The predicted octanol–water partition coefficient (Wildman–Crippen LogP) is 1.72. The van der Waals surface area contributed by atoms with E-state index in [0.717, 1.165) is 31.8 Å². The van der Waals surface area contributed by atoms with Crippen LogP contribution in [0.3, 0.4) is 0 Å². The van der Waals surface area contributed by atoms with Gasteiger partial charge in [-0.05, 0) is 31.7 Å². The van der Waals surface area contributed by atoms with E-state index < -0.39 is 0 Å². The summed E-state index contributed by atoms with van der Waals surface area (Å²) in [7, 11) is 0. The van der Waals surface area contributed by atoms with Crippen molar-refractivity contribution in [1.82, 2.24) is 14.8 Å². The Bertz CT molecular complexity index is 353. The summed E-state index contributed by atoms with van der Waals surface area (Å²) in [4.78, 5) is 4.27. The second kappa shape index (κ2) is 6.85. The van der Waals surface area contributed by atoms with Crippen LogP contribution in [0, 0.1) is 5.92 Å². The first-order valence-electron chi connectivity index (χ1n) is 7.03. The predicted molar refractivity (Wildman–Crippen MR) is 69.9 cm³/mol. The first-order chi connectivity index (χ1) is 8.85. The lowest BCUT2D eigenvalue weighted by Crippen LogP contribution is -2.33. The topological polar surface area (TPSA) is 66.0 Å². The molecule has 0 aliphatic heterocycles. The molecule has 0 radical (unpaired) electrons. The minimum Gasteiger partial charge on any atom is -0.370 e. The van der Waals surface area contributed by atoms with Crippen molar-refractivity contribution >= 4 is 0 Å². The van der Waals surface area contributed by atoms with Crippen LogP contribution >= 0.6 is 0 Å². The van der Waals surface area contributed by atoms with Gasteiger partial charge < -0.3 is 10.5 Å². The highest BCUT2D eigenvalue weighted by Crippen LogP contribution is 2.26. The molecule has 1 aliphatic rings. The zero-order chi connectivity index (χ0) is 12.8. The van der Waals surface area contributed by atoms with Gasteiger partial charge in [0, 0.05) is 6.54 Å². The van der Waals surface area contributed by atoms with Crippen LogP contribution in [0.15, 0.2) is 6.33 Å². The number of ether oxygens (including phenoxy) is 1. The van der Waals surface area contributed by atoms with Crippen molar-refractivity contribution in [2.45, 2.75) is 58.3 Å². The third-order valence-electron chi connectivity index (χ3n) is 3.70. The average molecular weight is 252 g/mol. The number of hydrogen-bond acceptors (Lipinski definition) is 4. The molecule has 0 spiro atoms. The lowest BCUT2D eigenvalue weighted by Gasteiger charge is -2.30. The number of hydrogen-bond donors (Lipinski definition) is 1. The summed E-state index contributed by atoms with van der Waals surface area (Å²) in [5.41, 5.74) is 5.81. The van der Waals surface area contributed by atoms with Crippen molar-refractivity contribution in [2.75, 3.05) is 6.54 Å². The Morgan fingerprint density at radius 1 is 1.44 bits per heavy atom. The van der Waals surface area contributed by atoms with Crippen LogP contribution in [0.2, 0.25) is 0 Å².